The number of rotatable bonds is 7. The number of nitrogens with zero attached hydrogens (tertiary/aromatic N) is 1. The fourth-order valence-electron chi connectivity index (χ4n) is 3.30. The molecular weight excluding hydrogens is 298 g/mol. The first-order valence-corrected chi connectivity index (χ1v) is 8.66. The second-order valence-corrected chi connectivity index (χ2v) is 6.40. The number of hydrogen-bond donors (Lipinski definition) is 0. The fraction of sp³-hybridized carbons (Fsp3) is 0.611. The molecule has 0 amide bonds. The van der Waals surface area contributed by atoms with Gasteiger partial charge in [-0.2, -0.15) is 0 Å². The van der Waals surface area contributed by atoms with Crippen LogP contribution in [-0.2, 0) is 14.9 Å². The summed E-state index contributed by atoms with van der Waals surface area (Å²) in [6.45, 7) is 7.48. The van der Waals surface area contributed by atoms with Gasteiger partial charge >= 0.3 is 5.97 Å². The van der Waals surface area contributed by atoms with Crippen LogP contribution in [0.4, 0.5) is 0 Å². The third-order valence-electron chi connectivity index (χ3n) is 4.78. The molecule has 4 heteroatoms. The van der Waals surface area contributed by atoms with E-state index in [-0.39, 0.29) is 5.97 Å². The van der Waals surface area contributed by atoms with E-state index in [1.807, 2.05) is 24.3 Å². The van der Waals surface area contributed by atoms with Gasteiger partial charge in [0.25, 0.3) is 0 Å². The molecule has 0 N–H and O–H groups in total. The van der Waals surface area contributed by atoms with Gasteiger partial charge in [0.05, 0.1) is 5.41 Å². The van der Waals surface area contributed by atoms with E-state index < -0.39 is 5.41 Å². The number of carbonyl (C=O) groups is 1. The smallest absolute Gasteiger partial charge is 0.316 e. The van der Waals surface area contributed by atoms with Crippen molar-refractivity contribution in [3.05, 3.63) is 34.9 Å². The van der Waals surface area contributed by atoms with Gasteiger partial charge in [0.1, 0.15) is 6.61 Å². The first kappa shape index (κ1) is 17.3. The molecule has 0 aliphatic heterocycles. The highest BCUT2D eigenvalue weighted by Crippen LogP contribution is 2.42. The number of esters is 1. The van der Waals surface area contributed by atoms with E-state index in [4.69, 9.17) is 16.3 Å². The first-order chi connectivity index (χ1) is 10.6. The zero-order chi connectivity index (χ0) is 16.0. The number of ether oxygens (including phenoxy) is 1. The van der Waals surface area contributed by atoms with Crippen LogP contribution in [0.1, 0.15) is 45.1 Å². The van der Waals surface area contributed by atoms with Crippen molar-refractivity contribution in [2.24, 2.45) is 0 Å². The van der Waals surface area contributed by atoms with Gasteiger partial charge in [-0.05, 0) is 43.6 Å². The minimum atomic E-state index is -0.464. The molecule has 0 unspecified atom stereocenters. The zero-order valence-electron chi connectivity index (χ0n) is 13.6. The maximum atomic E-state index is 12.7. The summed E-state index contributed by atoms with van der Waals surface area (Å²) in [6.07, 6.45) is 3.90. The molecule has 1 aromatic rings. The van der Waals surface area contributed by atoms with Crippen LogP contribution in [0.5, 0.6) is 0 Å². The largest absolute Gasteiger partial charge is 0.464 e. The van der Waals surface area contributed by atoms with Gasteiger partial charge in [-0.15, -0.1) is 0 Å². The zero-order valence-corrected chi connectivity index (χ0v) is 14.4. The summed E-state index contributed by atoms with van der Waals surface area (Å²) >= 11 is 5.97. The molecule has 0 saturated heterocycles. The van der Waals surface area contributed by atoms with Crippen LogP contribution in [0.2, 0.25) is 5.02 Å². The van der Waals surface area contributed by atoms with Crippen molar-refractivity contribution in [3.8, 4) is 0 Å². The third kappa shape index (κ3) is 3.82. The molecule has 2 rings (SSSR count). The molecule has 0 radical (unpaired) electrons. The molecule has 122 valence electrons. The quantitative estimate of drug-likeness (QED) is 0.709. The van der Waals surface area contributed by atoms with E-state index in [9.17, 15) is 4.79 Å². The lowest BCUT2D eigenvalue weighted by molar-refractivity contribution is -0.151. The molecule has 0 atom stereocenters. The van der Waals surface area contributed by atoms with E-state index >= 15 is 0 Å². The van der Waals surface area contributed by atoms with Gasteiger partial charge < -0.3 is 9.64 Å². The highest BCUT2D eigenvalue weighted by atomic mass is 35.5. The monoisotopic (exact) mass is 323 g/mol. The Balaban J connectivity index is 2.04. The van der Waals surface area contributed by atoms with Crippen LogP contribution in [0.3, 0.4) is 0 Å². The van der Waals surface area contributed by atoms with E-state index in [1.165, 1.54) is 0 Å². The summed E-state index contributed by atoms with van der Waals surface area (Å²) in [6, 6.07) is 7.67. The van der Waals surface area contributed by atoms with Crippen molar-refractivity contribution < 1.29 is 9.53 Å². The first-order valence-electron chi connectivity index (χ1n) is 8.28. The second-order valence-electron chi connectivity index (χ2n) is 5.96. The lowest BCUT2D eigenvalue weighted by Crippen LogP contribution is -2.36. The molecule has 1 fully saturated rings. The Bertz CT molecular complexity index is 476. The summed E-state index contributed by atoms with van der Waals surface area (Å²) in [5.74, 6) is -0.0699. The van der Waals surface area contributed by atoms with Crippen LogP contribution in [-0.4, -0.2) is 37.1 Å². The van der Waals surface area contributed by atoms with Gasteiger partial charge in [0, 0.05) is 11.6 Å². The summed E-state index contributed by atoms with van der Waals surface area (Å²) in [5.41, 5.74) is 0.579. The lowest BCUT2D eigenvalue weighted by Gasteiger charge is -2.28. The average molecular weight is 324 g/mol. The lowest BCUT2D eigenvalue weighted by atomic mass is 9.79. The summed E-state index contributed by atoms with van der Waals surface area (Å²) in [5, 5.41) is 0.701. The summed E-state index contributed by atoms with van der Waals surface area (Å²) in [4.78, 5) is 15.0. The molecule has 1 aliphatic rings. The van der Waals surface area contributed by atoms with Crippen LogP contribution in [0.15, 0.2) is 24.3 Å². The highest BCUT2D eigenvalue weighted by Gasteiger charge is 2.44. The third-order valence-corrected chi connectivity index (χ3v) is 5.03. The highest BCUT2D eigenvalue weighted by molar-refractivity contribution is 6.30. The van der Waals surface area contributed by atoms with Crippen LogP contribution in [0, 0.1) is 0 Å². The molecule has 1 aromatic carbocycles. The molecular formula is C18H26ClNO2. The standard InChI is InChI=1S/C18H26ClNO2/c1-3-20(4-2)13-14-22-17(21)18(11-5-6-12-18)15-7-9-16(19)10-8-15/h7-10H,3-6,11-14H2,1-2H3. The van der Waals surface area contributed by atoms with Crippen molar-refractivity contribution in [2.45, 2.75) is 44.9 Å². The van der Waals surface area contributed by atoms with Crippen molar-refractivity contribution >= 4 is 17.6 Å². The van der Waals surface area contributed by atoms with Crippen LogP contribution >= 0.6 is 11.6 Å². The number of benzene rings is 1. The molecule has 1 saturated carbocycles. The van der Waals surface area contributed by atoms with E-state index in [1.54, 1.807) is 0 Å². The van der Waals surface area contributed by atoms with Crippen LogP contribution in [0.25, 0.3) is 0 Å². The molecule has 0 aromatic heterocycles. The van der Waals surface area contributed by atoms with Gasteiger partial charge in [-0.3, -0.25) is 4.79 Å². The van der Waals surface area contributed by atoms with Crippen molar-refractivity contribution in [2.75, 3.05) is 26.2 Å². The molecule has 3 nitrogen and oxygen atoms in total. The van der Waals surface area contributed by atoms with Crippen molar-refractivity contribution in [1.82, 2.24) is 4.90 Å². The Morgan fingerprint density at radius 1 is 1.18 bits per heavy atom. The number of likely N-dealkylation sites (N-methyl/N-ethyl adjacent to an activating group) is 1. The van der Waals surface area contributed by atoms with Crippen LogP contribution < -0.4 is 0 Å². The average Bonchev–Trinajstić information content (AvgIpc) is 3.03. The maximum Gasteiger partial charge on any atom is 0.316 e. The SMILES string of the molecule is CCN(CC)CCOC(=O)C1(c2ccc(Cl)cc2)CCCC1. The van der Waals surface area contributed by atoms with Gasteiger partial charge in [0.15, 0.2) is 0 Å². The van der Waals surface area contributed by atoms with Crippen molar-refractivity contribution in [1.29, 1.82) is 0 Å². The Labute approximate surface area is 138 Å². The van der Waals surface area contributed by atoms with Gasteiger partial charge in [0.2, 0.25) is 0 Å². The number of halogens is 1. The summed E-state index contributed by atoms with van der Waals surface area (Å²) < 4.78 is 5.63. The summed E-state index contributed by atoms with van der Waals surface area (Å²) in [7, 11) is 0. The number of carbonyl (C=O) groups excluding carboxylic acids is 1. The predicted molar refractivity (Wildman–Crippen MR) is 90.3 cm³/mol. The predicted octanol–water partition coefficient (Wildman–Crippen LogP) is 4.04. The normalized spacial score (nSPS) is 16.9. The molecule has 1 aliphatic carbocycles. The molecule has 0 spiro atoms. The maximum absolute atomic E-state index is 12.7. The Morgan fingerprint density at radius 2 is 1.77 bits per heavy atom. The topological polar surface area (TPSA) is 29.5 Å². The van der Waals surface area contributed by atoms with E-state index in [0.29, 0.717) is 11.6 Å². The van der Waals surface area contributed by atoms with Gasteiger partial charge in [-0.25, -0.2) is 0 Å². The van der Waals surface area contributed by atoms with Gasteiger partial charge in [-0.1, -0.05) is 50.4 Å². The number of hydrogen-bond acceptors (Lipinski definition) is 3. The Hall–Kier alpha value is -1.06. The molecule has 0 heterocycles. The Kier molecular flexibility index (Phi) is 6.27. The van der Waals surface area contributed by atoms with E-state index in [0.717, 1.165) is 50.9 Å². The minimum Gasteiger partial charge on any atom is -0.464 e. The fourth-order valence-corrected chi connectivity index (χ4v) is 3.43. The molecule has 22 heavy (non-hydrogen) atoms. The van der Waals surface area contributed by atoms with Crippen molar-refractivity contribution in [3.63, 3.8) is 0 Å². The Morgan fingerprint density at radius 3 is 2.32 bits per heavy atom. The second kappa shape index (κ2) is 7.98. The van der Waals surface area contributed by atoms with E-state index in [2.05, 4.69) is 18.7 Å². The molecule has 0 bridgehead atoms. The minimum absolute atomic E-state index is 0.0699.